The van der Waals surface area contributed by atoms with Crippen molar-refractivity contribution >= 4 is 9.84 Å². The lowest BCUT2D eigenvalue weighted by Gasteiger charge is -2.17. The Morgan fingerprint density at radius 3 is 2.81 bits per heavy atom. The van der Waals surface area contributed by atoms with Gasteiger partial charge in [0.2, 0.25) is 0 Å². The van der Waals surface area contributed by atoms with Gasteiger partial charge in [-0.25, -0.2) is 8.42 Å². The smallest absolute Gasteiger partial charge is 0.387 e. The van der Waals surface area contributed by atoms with E-state index in [1.54, 1.807) is 12.1 Å². The number of rotatable bonds is 6. The molecule has 0 amide bonds. The molecule has 1 saturated heterocycles. The topological polar surface area (TPSA) is 55.4 Å². The maximum atomic E-state index is 12.2. The lowest BCUT2D eigenvalue weighted by Crippen LogP contribution is -2.26. The summed E-state index contributed by atoms with van der Waals surface area (Å²) in [5, 5.41) is 3.25. The van der Waals surface area contributed by atoms with E-state index in [0.717, 1.165) is 5.56 Å². The van der Waals surface area contributed by atoms with Gasteiger partial charge >= 0.3 is 6.61 Å². The van der Waals surface area contributed by atoms with Crippen LogP contribution in [0, 0.1) is 5.92 Å². The summed E-state index contributed by atoms with van der Waals surface area (Å²) in [5.74, 6) is 0.727. The van der Waals surface area contributed by atoms with Crippen LogP contribution in [0.15, 0.2) is 24.3 Å². The van der Waals surface area contributed by atoms with Gasteiger partial charge in [0.1, 0.15) is 5.75 Å². The van der Waals surface area contributed by atoms with E-state index in [1.807, 2.05) is 13.0 Å². The molecule has 7 heteroatoms. The van der Waals surface area contributed by atoms with Gasteiger partial charge in [0, 0.05) is 6.04 Å². The Morgan fingerprint density at radius 2 is 2.19 bits per heavy atom. The number of halogens is 2. The molecule has 21 heavy (non-hydrogen) atoms. The third kappa shape index (κ3) is 4.93. The number of benzene rings is 1. The molecule has 2 rings (SSSR count). The van der Waals surface area contributed by atoms with Gasteiger partial charge in [-0.1, -0.05) is 12.1 Å². The van der Waals surface area contributed by atoms with Crippen LogP contribution in [0.2, 0.25) is 0 Å². The fourth-order valence-corrected chi connectivity index (χ4v) is 4.32. The molecule has 0 bridgehead atoms. The molecule has 0 aliphatic carbocycles. The maximum absolute atomic E-state index is 12.2. The van der Waals surface area contributed by atoms with E-state index in [9.17, 15) is 17.2 Å². The number of ether oxygens (including phenoxy) is 1. The van der Waals surface area contributed by atoms with Crippen LogP contribution in [-0.4, -0.2) is 33.1 Å². The van der Waals surface area contributed by atoms with Crippen LogP contribution >= 0.6 is 0 Å². The average Bonchev–Trinajstić information content (AvgIpc) is 2.75. The Balaban J connectivity index is 1.90. The van der Waals surface area contributed by atoms with Gasteiger partial charge in [0.05, 0.1) is 11.5 Å². The molecular formula is C14H19F2NO3S. The Bertz CT molecular complexity index is 577. The van der Waals surface area contributed by atoms with Gasteiger partial charge in [-0.2, -0.15) is 8.78 Å². The molecule has 1 heterocycles. The summed E-state index contributed by atoms with van der Waals surface area (Å²) in [7, 11) is -2.87. The molecule has 0 aromatic heterocycles. The molecular weight excluding hydrogens is 300 g/mol. The minimum Gasteiger partial charge on any atom is -0.435 e. The summed E-state index contributed by atoms with van der Waals surface area (Å²) in [6.45, 7) is -0.335. The SMILES string of the molecule is CC(NCC1CCS(=O)(=O)C1)c1cccc(OC(F)F)c1. The van der Waals surface area contributed by atoms with Crippen LogP contribution in [0.25, 0.3) is 0 Å². The van der Waals surface area contributed by atoms with Crippen molar-refractivity contribution in [3.05, 3.63) is 29.8 Å². The van der Waals surface area contributed by atoms with Gasteiger partial charge in [-0.05, 0) is 43.5 Å². The highest BCUT2D eigenvalue weighted by atomic mass is 32.2. The van der Waals surface area contributed by atoms with Crippen LogP contribution in [0.1, 0.15) is 24.9 Å². The number of sulfone groups is 1. The fourth-order valence-electron chi connectivity index (χ4n) is 2.45. The molecule has 1 aromatic rings. The number of alkyl halides is 2. The first kappa shape index (κ1) is 16.2. The van der Waals surface area contributed by atoms with Gasteiger partial charge in [0.25, 0.3) is 0 Å². The van der Waals surface area contributed by atoms with E-state index in [0.29, 0.717) is 13.0 Å². The third-order valence-electron chi connectivity index (χ3n) is 3.62. The molecule has 2 atom stereocenters. The summed E-state index contributed by atoms with van der Waals surface area (Å²) in [5.41, 5.74) is 0.828. The second-order valence-electron chi connectivity index (χ2n) is 5.35. The molecule has 1 aliphatic rings. The maximum Gasteiger partial charge on any atom is 0.387 e. The number of nitrogens with one attached hydrogen (secondary N) is 1. The predicted octanol–water partition coefficient (Wildman–Crippen LogP) is 2.37. The number of hydrogen-bond acceptors (Lipinski definition) is 4. The van der Waals surface area contributed by atoms with Crippen LogP contribution < -0.4 is 10.1 Å². The van der Waals surface area contributed by atoms with Crippen LogP contribution in [0.5, 0.6) is 5.75 Å². The van der Waals surface area contributed by atoms with E-state index >= 15 is 0 Å². The molecule has 2 unspecified atom stereocenters. The highest BCUT2D eigenvalue weighted by Gasteiger charge is 2.27. The van der Waals surface area contributed by atoms with Crippen molar-refractivity contribution in [2.24, 2.45) is 5.92 Å². The fraction of sp³-hybridized carbons (Fsp3) is 0.571. The summed E-state index contributed by atoms with van der Waals surface area (Å²) in [6, 6.07) is 6.46. The van der Waals surface area contributed by atoms with E-state index in [-0.39, 0.29) is 29.2 Å². The second-order valence-corrected chi connectivity index (χ2v) is 7.58. The summed E-state index contributed by atoms with van der Waals surface area (Å²) < 4.78 is 51.5. The zero-order valence-electron chi connectivity index (χ0n) is 11.8. The highest BCUT2D eigenvalue weighted by molar-refractivity contribution is 7.91. The second kappa shape index (κ2) is 6.70. The number of hydrogen-bond donors (Lipinski definition) is 1. The lowest BCUT2D eigenvalue weighted by molar-refractivity contribution is -0.0499. The minimum atomic E-state index is -2.87. The molecule has 1 aromatic carbocycles. The van der Waals surface area contributed by atoms with E-state index in [4.69, 9.17) is 0 Å². The standard InChI is InChI=1S/C14H19F2NO3S/c1-10(17-8-11-5-6-21(18,19)9-11)12-3-2-4-13(7-12)20-14(15)16/h2-4,7,10-11,14,17H,5-6,8-9H2,1H3. The Hall–Kier alpha value is -1.21. The lowest BCUT2D eigenvalue weighted by atomic mass is 10.1. The Labute approximate surface area is 123 Å². The van der Waals surface area contributed by atoms with Crippen molar-refractivity contribution in [2.45, 2.75) is 26.0 Å². The van der Waals surface area contributed by atoms with E-state index in [2.05, 4.69) is 10.1 Å². The van der Waals surface area contributed by atoms with Crippen LogP contribution in [-0.2, 0) is 9.84 Å². The first-order valence-corrected chi connectivity index (χ1v) is 8.66. The zero-order chi connectivity index (χ0) is 15.5. The molecule has 1 fully saturated rings. The molecule has 4 nitrogen and oxygen atoms in total. The van der Waals surface area contributed by atoms with Gasteiger partial charge < -0.3 is 10.1 Å². The van der Waals surface area contributed by atoms with Gasteiger partial charge in [-0.3, -0.25) is 0 Å². The molecule has 0 saturated carbocycles. The highest BCUT2D eigenvalue weighted by Crippen LogP contribution is 2.22. The van der Waals surface area contributed by atoms with Crippen molar-refractivity contribution in [3.8, 4) is 5.75 Å². The first-order chi connectivity index (χ1) is 9.85. The van der Waals surface area contributed by atoms with Crippen molar-refractivity contribution in [1.29, 1.82) is 0 Å². The summed E-state index contributed by atoms with van der Waals surface area (Å²) in [6.07, 6.45) is 0.677. The Morgan fingerprint density at radius 1 is 1.43 bits per heavy atom. The summed E-state index contributed by atoms with van der Waals surface area (Å²) >= 11 is 0. The third-order valence-corrected chi connectivity index (χ3v) is 5.46. The molecule has 1 aliphatic heterocycles. The van der Waals surface area contributed by atoms with Crippen molar-refractivity contribution in [2.75, 3.05) is 18.1 Å². The normalized spacial score (nSPS) is 22.4. The van der Waals surface area contributed by atoms with Crippen molar-refractivity contribution in [3.63, 3.8) is 0 Å². The van der Waals surface area contributed by atoms with Gasteiger partial charge in [0.15, 0.2) is 9.84 Å². The van der Waals surface area contributed by atoms with Crippen LogP contribution in [0.4, 0.5) is 8.78 Å². The Kier molecular flexibility index (Phi) is 5.16. The quantitative estimate of drug-likeness (QED) is 0.874. The average molecular weight is 319 g/mol. The van der Waals surface area contributed by atoms with Crippen LogP contribution in [0.3, 0.4) is 0 Å². The minimum absolute atomic E-state index is 0.0606. The molecule has 0 spiro atoms. The van der Waals surface area contributed by atoms with Crippen molar-refractivity contribution in [1.82, 2.24) is 5.32 Å². The first-order valence-electron chi connectivity index (χ1n) is 6.84. The van der Waals surface area contributed by atoms with Gasteiger partial charge in [-0.15, -0.1) is 0 Å². The zero-order valence-corrected chi connectivity index (χ0v) is 12.6. The molecule has 1 N–H and O–H groups in total. The predicted molar refractivity (Wildman–Crippen MR) is 76.3 cm³/mol. The van der Waals surface area contributed by atoms with E-state index in [1.165, 1.54) is 6.07 Å². The molecule has 118 valence electrons. The summed E-state index contributed by atoms with van der Waals surface area (Å²) in [4.78, 5) is 0. The van der Waals surface area contributed by atoms with E-state index < -0.39 is 16.4 Å². The largest absolute Gasteiger partial charge is 0.435 e. The molecule has 0 radical (unpaired) electrons. The van der Waals surface area contributed by atoms with Crippen molar-refractivity contribution < 1.29 is 21.9 Å². The monoisotopic (exact) mass is 319 g/mol.